The summed E-state index contributed by atoms with van der Waals surface area (Å²) >= 11 is 4.95. The second-order valence-corrected chi connectivity index (χ2v) is 5.55. The van der Waals surface area contributed by atoms with Crippen molar-refractivity contribution in [2.24, 2.45) is 11.7 Å². The highest BCUT2D eigenvalue weighted by Crippen LogP contribution is 2.04. The van der Waals surface area contributed by atoms with Gasteiger partial charge in [0.2, 0.25) is 0 Å². The lowest BCUT2D eigenvalue weighted by Crippen LogP contribution is -2.32. The average Bonchev–Trinajstić information content (AvgIpc) is 2.33. The fraction of sp³-hybridized carbons (Fsp3) is 0.571. The molecule has 0 spiro atoms. The molecule has 0 aliphatic carbocycles. The van der Waals surface area contributed by atoms with E-state index >= 15 is 0 Å². The van der Waals surface area contributed by atoms with E-state index in [0.29, 0.717) is 10.9 Å². The van der Waals surface area contributed by atoms with Gasteiger partial charge in [-0.3, -0.25) is 4.98 Å². The van der Waals surface area contributed by atoms with Crippen LogP contribution >= 0.6 is 12.2 Å². The van der Waals surface area contributed by atoms with Crippen LogP contribution in [0.25, 0.3) is 0 Å². The van der Waals surface area contributed by atoms with Crippen LogP contribution in [0.15, 0.2) is 24.5 Å². The minimum Gasteiger partial charge on any atom is -0.393 e. The Morgan fingerprint density at radius 3 is 2.78 bits per heavy atom. The Morgan fingerprint density at radius 2 is 2.22 bits per heavy atom. The van der Waals surface area contributed by atoms with Crippen LogP contribution in [0, 0.1) is 5.92 Å². The zero-order valence-electron chi connectivity index (χ0n) is 11.3. The molecule has 0 unspecified atom stereocenters. The van der Waals surface area contributed by atoms with Gasteiger partial charge < -0.3 is 10.6 Å². The topological polar surface area (TPSA) is 42.1 Å². The molecular weight excluding hydrogens is 242 g/mol. The number of hydrogen-bond acceptors (Lipinski definition) is 3. The highest BCUT2D eigenvalue weighted by molar-refractivity contribution is 7.80. The van der Waals surface area contributed by atoms with Crippen molar-refractivity contribution >= 4 is 17.2 Å². The third-order valence-corrected chi connectivity index (χ3v) is 2.94. The van der Waals surface area contributed by atoms with Gasteiger partial charge in [-0.2, -0.15) is 0 Å². The molecule has 0 radical (unpaired) electrons. The van der Waals surface area contributed by atoms with Gasteiger partial charge >= 0.3 is 0 Å². The van der Waals surface area contributed by atoms with Crippen LogP contribution in [0.4, 0.5) is 0 Å². The summed E-state index contributed by atoms with van der Waals surface area (Å²) in [5.74, 6) is 0.658. The molecule has 3 nitrogen and oxygen atoms in total. The molecule has 0 saturated carbocycles. The molecule has 0 saturated heterocycles. The zero-order chi connectivity index (χ0) is 13.4. The second kappa shape index (κ2) is 8.16. The van der Waals surface area contributed by atoms with Crippen molar-refractivity contribution in [3.63, 3.8) is 0 Å². The van der Waals surface area contributed by atoms with Crippen LogP contribution in [0.1, 0.15) is 25.8 Å². The standard InChI is InChI=1S/C14H23N3S/c1-12(2)11-17(9-6-14(15)18)8-5-13-4-3-7-16-10-13/h3-4,7,10,12H,5-6,8-9,11H2,1-2H3,(H2,15,18). The van der Waals surface area contributed by atoms with Crippen molar-refractivity contribution in [2.45, 2.75) is 26.7 Å². The third kappa shape index (κ3) is 6.67. The molecule has 0 aliphatic heterocycles. The van der Waals surface area contributed by atoms with Gasteiger partial charge in [0.05, 0.1) is 4.99 Å². The van der Waals surface area contributed by atoms with Gasteiger partial charge in [0.15, 0.2) is 0 Å². The molecule has 1 aromatic heterocycles. The van der Waals surface area contributed by atoms with E-state index in [2.05, 4.69) is 29.8 Å². The number of pyridine rings is 1. The van der Waals surface area contributed by atoms with Crippen LogP contribution in [0.5, 0.6) is 0 Å². The average molecular weight is 265 g/mol. The SMILES string of the molecule is CC(C)CN(CCC(N)=S)CCc1cccnc1. The van der Waals surface area contributed by atoms with Gasteiger partial charge in [0.1, 0.15) is 0 Å². The Hall–Kier alpha value is -1.00. The van der Waals surface area contributed by atoms with E-state index < -0.39 is 0 Å². The Labute approximate surface area is 115 Å². The van der Waals surface area contributed by atoms with Gasteiger partial charge in [-0.1, -0.05) is 32.1 Å². The van der Waals surface area contributed by atoms with E-state index in [1.54, 1.807) is 0 Å². The number of nitrogens with two attached hydrogens (primary N) is 1. The highest BCUT2D eigenvalue weighted by atomic mass is 32.1. The van der Waals surface area contributed by atoms with E-state index in [1.165, 1.54) is 5.56 Å². The number of rotatable bonds is 8. The monoisotopic (exact) mass is 265 g/mol. The largest absolute Gasteiger partial charge is 0.393 e. The predicted octanol–water partition coefficient (Wildman–Crippen LogP) is 2.26. The van der Waals surface area contributed by atoms with Crippen LogP contribution in [0.2, 0.25) is 0 Å². The van der Waals surface area contributed by atoms with Crippen molar-refractivity contribution in [1.82, 2.24) is 9.88 Å². The lowest BCUT2D eigenvalue weighted by molar-refractivity contribution is 0.253. The minimum absolute atomic E-state index is 0.602. The first-order chi connectivity index (χ1) is 8.58. The summed E-state index contributed by atoms with van der Waals surface area (Å²) in [5.41, 5.74) is 6.85. The normalized spacial score (nSPS) is 11.1. The molecule has 0 aliphatic rings. The van der Waals surface area contributed by atoms with E-state index in [-0.39, 0.29) is 0 Å². The first-order valence-electron chi connectivity index (χ1n) is 6.47. The molecule has 18 heavy (non-hydrogen) atoms. The van der Waals surface area contributed by atoms with Gasteiger partial charge in [-0.25, -0.2) is 0 Å². The summed E-state index contributed by atoms with van der Waals surface area (Å²) in [6, 6.07) is 4.10. The van der Waals surface area contributed by atoms with Crippen LogP contribution in [-0.4, -0.2) is 34.5 Å². The first-order valence-corrected chi connectivity index (χ1v) is 6.88. The zero-order valence-corrected chi connectivity index (χ0v) is 12.1. The maximum Gasteiger partial charge on any atom is 0.0740 e. The molecule has 1 rings (SSSR count). The summed E-state index contributed by atoms with van der Waals surface area (Å²) in [5, 5.41) is 0. The van der Waals surface area contributed by atoms with Crippen molar-refractivity contribution in [1.29, 1.82) is 0 Å². The third-order valence-electron chi connectivity index (χ3n) is 2.74. The number of hydrogen-bond donors (Lipinski definition) is 1. The minimum atomic E-state index is 0.602. The molecule has 100 valence electrons. The number of thiocarbonyl (C=S) groups is 1. The highest BCUT2D eigenvalue weighted by Gasteiger charge is 2.08. The Morgan fingerprint density at radius 1 is 1.44 bits per heavy atom. The summed E-state index contributed by atoms with van der Waals surface area (Å²) in [6.45, 7) is 7.54. The van der Waals surface area contributed by atoms with Gasteiger partial charge in [-0.15, -0.1) is 0 Å². The second-order valence-electron chi connectivity index (χ2n) is 5.02. The summed E-state index contributed by atoms with van der Waals surface area (Å²) in [4.78, 5) is 7.17. The quantitative estimate of drug-likeness (QED) is 0.732. The van der Waals surface area contributed by atoms with Crippen LogP contribution in [-0.2, 0) is 6.42 Å². The lowest BCUT2D eigenvalue weighted by atomic mass is 10.1. The number of nitrogens with zero attached hydrogens (tertiary/aromatic N) is 2. The molecule has 1 aromatic rings. The lowest BCUT2D eigenvalue weighted by Gasteiger charge is -2.24. The Balaban J connectivity index is 2.42. The van der Waals surface area contributed by atoms with Crippen LogP contribution in [0.3, 0.4) is 0 Å². The van der Waals surface area contributed by atoms with E-state index in [9.17, 15) is 0 Å². The molecule has 4 heteroatoms. The fourth-order valence-electron chi connectivity index (χ4n) is 1.91. The Kier molecular flexibility index (Phi) is 6.83. The molecule has 0 aromatic carbocycles. The van der Waals surface area contributed by atoms with Gasteiger partial charge in [0.25, 0.3) is 0 Å². The van der Waals surface area contributed by atoms with Crippen molar-refractivity contribution in [2.75, 3.05) is 19.6 Å². The Bertz CT molecular complexity index is 351. The predicted molar refractivity (Wildman–Crippen MR) is 80.6 cm³/mol. The molecule has 1 heterocycles. The maximum absolute atomic E-state index is 5.57. The van der Waals surface area contributed by atoms with Crippen molar-refractivity contribution in [3.05, 3.63) is 30.1 Å². The van der Waals surface area contributed by atoms with Crippen molar-refractivity contribution in [3.8, 4) is 0 Å². The van der Waals surface area contributed by atoms with Gasteiger partial charge in [-0.05, 0) is 24.0 Å². The molecule has 0 fully saturated rings. The smallest absolute Gasteiger partial charge is 0.0740 e. The number of aromatic nitrogens is 1. The fourth-order valence-corrected chi connectivity index (χ4v) is 2.00. The molecule has 0 bridgehead atoms. The van der Waals surface area contributed by atoms with Crippen LogP contribution < -0.4 is 5.73 Å². The molecular formula is C14H23N3S. The van der Waals surface area contributed by atoms with E-state index in [0.717, 1.165) is 32.5 Å². The van der Waals surface area contributed by atoms with Gasteiger partial charge in [0, 0.05) is 38.4 Å². The first kappa shape index (κ1) is 15.1. The molecule has 2 N–H and O–H groups in total. The maximum atomic E-state index is 5.57. The van der Waals surface area contributed by atoms with Crippen molar-refractivity contribution < 1.29 is 0 Å². The summed E-state index contributed by atoms with van der Waals surface area (Å²) in [6.07, 6.45) is 5.57. The van der Waals surface area contributed by atoms with E-state index in [4.69, 9.17) is 18.0 Å². The van der Waals surface area contributed by atoms with E-state index in [1.807, 2.05) is 18.5 Å². The summed E-state index contributed by atoms with van der Waals surface area (Å²) in [7, 11) is 0. The molecule has 0 amide bonds. The molecule has 0 atom stereocenters. The summed E-state index contributed by atoms with van der Waals surface area (Å²) < 4.78 is 0.